The second-order valence-electron chi connectivity index (χ2n) is 22.7. The Hall–Kier alpha value is -7.63. The van der Waals surface area contributed by atoms with Crippen molar-refractivity contribution < 1.29 is 83.9 Å². The molecule has 0 aromatic heterocycles. The van der Waals surface area contributed by atoms with Crippen LogP contribution < -0.4 is 42.4 Å². The molecule has 88 heavy (non-hydrogen) atoms. The number of ether oxygens (including phenoxy) is 2. The highest BCUT2D eigenvalue weighted by Crippen LogP contribution is 2.30. The normalized spacial score (nSPS) is 26.5. The summed E-state index contributed by atoms with van der Waals surface area (Å²) < 4.78 is 11.4. The summed E-state index contributed by atoms with van der Waals surface area (Å²) in [6.45, 7) is 5.79. The maximum absolute atomic E-state index is 14.8. The second kappa shape index (κ2) is 31.5. The van der Waals surface area contributed by atoms with Crippen molar-refractivity contribution in [3.8, 4) is 33.8 Å². The zero-order valence-corrected chi connectivity index (χ0v) is 49.6. The topological polar surface area (TPSA) is 404 Å². The van der Waals surface area contributed by atoms with E-state index in [1.165, 1.54) is 43.3 Å². The lowest BCUT2D eigenvalue weighted by Crippen LogP contribution is -2.64. The number of aromatic hydroxyl groups is 1. The molecular weight excluding hydrogens is 1140 g/mol. The van der Waals surface area contributed by atoms with Gasteiger partial charge in [0.05, 0.1) is 50.3 Å². The maximum atomic E-state index is 14.8. The molecule has 16 N–H and O–H groups in total. The molecule has 0 radical (unpaired) electrons. The van der Waals surface area contributed by atoms with Gasteiger partial charge in [-0.2, -0.15) is 0 Å². The predicted molar refractivity (Wildman–Crippen MR) is 319 cm³/mol. The minimum absolute atomic E-state index is 0.0349. The van der Waals surface area contributed by atoms with Crippen LogP contribution >= 0.6 is 0 Å². The van der Waals surface area contributed by atoms with Crippen LogP contribution in [0, 0.1) is 5.92 Å². The van der Waals surface area contributed by atoms with Crippen LogP contribution in [-0.4, -0.2) is 217 Å². The van der Waals surface area contributed by atoms with E-state index in [-0.39, 0.29) is 49.7 Å². The largest absolute Gasteiger partial charge is 0.508 e. The molecule has 478 valence electrons. The molecule has 7 rings (SSSR count). The fraction of sp³-hybridized carbons (Fsp3) is 0.500. The van der Waals surface area contributed by atoms with Crippen molar-refractivity contribution in [3.05, 3.63) is 108 Å². The number of fused-ring (bicyclic) bond motifs is 2. The van der Waals surface area contributed by atoms with Crippen molar-refractivity contribution >= 4 is 41.4 Å². The molecule has 26 heteroatoms. The van der Waals surface area contributed by atoms with Crippen LogP contribution in [0.1, 0.15) is 81.8 Å². The van der Waals surface area contributed by atoms with Gasteiger partial charge in [0, 0.05) is 50.5 Å². The van der Waals surface area contributed by atoms with E-state index in [1.54, 1.807) is 12.1 Å². The molecule has 4 aromatic rings. The van der Waals surface area contributed by atoms with Crippen molar-refractivity contribution in [3.63, 3.8) is 0 Å². The summed E-state index contributed by atoms with van der Waals surface area (Å²) in [5.74, 6) is -8.25. The molecule has 7 amide bonds. The smallest absolute Gasteiger partial charge is 0.251 e. The summed E-state index contributed by atoms with van der Waals surface area (Å²) >= 11 is 0. The van der Waals surface area contributed by atoms with Gasteiger partial charge in [-0.15, -0.1) is 0 Å². The van der Waals surface area contributed by atoms with Crippen molar-refractivity contribution in [2.24, 2.45) is 11.7 Å². The van der Waals surface area contributed by atoms with E-state index < -0.39 is 152 Å². The van der Waals surface area contributed by atoms with Gasteiger partial charge in [0.2, 0.25) is 35.4 Å². The van der Waals surface area contributed by atoms with Crippen molar-refractivity contribution in [2.75, 3.05) is 46.0 Å². The van der Waals surface area contributed by atoms with Gasteiger partial charge in [-0.25, -0.2) is 0 Å². The molecule has 3 fully saturated rings. The van der Waals surface area contributed by atoms with E-state index in [4.69, 9.17) is 15.2 Å². The molecule has 0 spiro atoms. The molecule has 3 heterocycles. The average molecular weight is 1230 g/mol. The van der Waals surface area contributed by atoms with E-state index in [1.807, 2.05) is 48.5 Å². The molecule has 0 aliphatic carbocycles. The highest BCUT2D eigenvalue weighted by atomic mass is 16.5. The number of phenolic OH excluding ortho intramolecular Hbond substituents is 1. The minimum Gasteiger partial charge on any atom is -0.508 e. The third-order valence-corrected chi connectivity index (χ3v) is 15.9. The number of hydrogen-bond acceptors (Lipinski definition) is 19. The number of phenols is 1. The molecule has 3 saturated heterocycles. The third kappa shape index (κ3) is 17.2. The first-order valence-corrected chi connectivity index (χ1v) is 29.6. The number of rotatable bonds is 20. The maximum Gasteiger partial charge on any atom is 0.251 e. The van der Waals surface area contributed by atoms with Gasteiger partial charge in [-0.1, -0.05) is 87.4 Å². The van der Waals surface area contributed by atoms with E-state index in [9.17, 15) is 74.4 Å². The standard InChI is InChI=1S/C62H83N9O17/c1-5-6-7-26-88-44-22-18-39(19-23-44)37-10-8-36(9-11-37)38-12-14-41(15-13-38)56(80)65-45-30-47(76)55(64-25-28-87-27-24-63)69-60(84)51-52(77)33(2)31-71(51)62(86)49(35(4)73)67-59(83)50(54(79)53(78)40-16-20-42(74)21-17-40)68-58(82)46-29-43(75)32-70(46)61(85)48(34(3)72)66-57(45)81/h8-23,33-35,43,45-55,64,72-79H,5-7,24-32,63H2,1-4H3,(H,65,80)(H,66,81)(H,67,83)(H,68,82)(H,69,84)/t33-,34+,35+,43+,45-,46?,47+,48?,49?,50?,51?,52-,53-,54-,55?/m0/s1. The SMILES string of the molecule is CCCCCOc1ccc(-c2ccc(-c3ccc(C(=O)N[C@H]4C[C@@H](O)C(NCCOCCN)NC(=O)C5[C@@H](O)[C@@H](C)CN5C(=O)C([C@@H](C)O)NC(=O)C([C@H](O)[C@@H](O)c5ccc(O)cc5)NC(=O)C5C[C@@H](O)CN5C(=O)C([C@@H](C)O)NC4=O)cc3)cc2)cc1. The molecule has 4 aromatic carbocycles. The Kier molecular flexibility index (Phi) is 24.3. The predicted octanol–water partition coefficient (Wildman–Crippen LogP) is -1.35. The van der Waals surface area contributed by atoms with Crippen LogP contribution in [0.4, 0.5) is 0 Å². The van der Waals surface area contributed by atoms with E-state index >= 15 is 0 Å². The molecule has 6 unspecified atom stereocenters. The quantitative estimate of drug-likeness (QED) is 0.0455. The van der Waals surface area contributed by atoms with Crippen LogP contribution in [0.3, 0.4) is 0 Å². The van der Waals surface area contributed by atoms with Crippen molar-refractivity contribution in [1.29, 1.82) is 0 Å². The summed E-state index contributed by atoms with van der Waals surface area (Å²) in [5, 5.41) is 105. The highest BCUT2D eigenvalue weighted by molar-refractivity contribution is 6.00. The number of carbonyl (C=O) groups is 7. The van der Waals surface area contributed by atoms with Crippen LogP contribution in [0.15, 0.2) is 97.1 Å². The number of nitrogens with two attached hydrogens (primary N) is 1. The van der Waals surface area contributed by atoms with Gasteiger partial charge in [0.1, 0.15) is 66.1 Å². The zero-order chi connectivity index (χ0) is 63.9. The van der Waals surface area contributed by atoms with Crippen LogP contribution in [0.2, 0.25) is 0 Å². The highest BCUT2D eigenvalue weighted by Gasteiger charge is 2.50. The first-order chi connectivity index (χ1) is 42.0. The fourth-order valence-electron chi connectivity index (χ4n) is 10.9. The molecule has 0 bridgehead atoms. The Balaban J connectivity index is 1.22. The van der Waals surface area contributed by atoms with Gasteiger partial charge >= 0.3 is 0 Å². The van der Waals surface area contributed by atoms with Crippen molar-refractivity contribution in [1.82, 2.24) is 41.7 Å². The molecule has 26 nitrogen and oxygen atoms in total. The number of nitrogens with zero attached hydrogens (tertiary/aromatic N) is 2. The van der Waals surface area contributed by atoms with Gasteiger partial charge in [-0.3, -0.25) is 38.9 Å². The lowest BCUT2D eigenvalue weighted by molar-refractivity contribution is -0.148. The Labute approximate surface area is 509 Å². The Morgan fingerprint density at radius 3 is 1.80 bits per heavy atom. The first-order valence-electron chi connectivity index (χ1n) is 29.6. The van der Waals surface area contributed by atoms with Gasteiger partial charge in [0.25, 0.3) is 5.91 Å². The lowest BCUT2D eigenvalue weighted by atomic mass is 9.96. The number of benzene rings is 4. The molecule has 3 aliphatic rings. The Bertz CT molecular complexity index is 2990. The number of aliphatic hydroxyl groups is 7. The van der Waals surface area contributed by atoms with E-state index in [0.717, 1.165) is 70.9 Å². The zero-order valence-electron chi connectivity index (χ0n) is 49.6. The van der Waals surface area contributed by atoms with Crippen molar-refractivity contribution in [2.45, 2.75) is 145 Å². The average Bonchev–Trinajstić information content (AvgIpc) is 2.10. The Morgan fingerprint density at radius 2 is 1.22 bits per heavy atom. The summed E-state index contributed by atoms with van der Waals surface area (Å²) in [4.78, 5) is 104. The van der Waals surface area contributed by atoms with E-state index in [0.29, 0.717) is 6.61 Å². The Morgan fingerprint density at radius 1 is 0.659 bits per heavy atom. The summed E-state index contributed by atoms with van der Waals surface area (Å²) in [5.41, 5.74) is 9.06. The third-order valence-electron chi connectivity index (χ3n) is 15.9. The number of hydrogen-bond donors (Lipinski definition) is 15. The first kappa shape index (κ1) is 67.9. The monoisotopic (exact) mass is 1230 g/mol. The number of amides is 7. The van der Waals surface area contributed by atoms with Crippen LogP contribution in [0.25, 0.3) is 22.3 Å². The minimum atomic E-state index is -2.29. The second-order valence-corrected chi connectivity index (χ2v) is 22.7. The summed E-state index contributed by atoms with van der Waals surface area (Å²) in [7, 11) is 0. The number of aliphatic hydroxyl groups excluding tert-OH is 7. The summed E-state index contributed by atoms with van der Waals surface area (Å²) in [6.07, 6.45) is -12.4. The number of carbonyl (C=O) groups excluding carboxylic acids is 7. The van der Waals surface area contributed by atoms with Crippen LogP contribution in [0.5, 0.6) is 11.5 Å². The molecule has 15 atom stereocenters. The molecule has 0 saturated carbocycles. The molecule has 3 aliphatic heterocycles. The number of unbranched alkanes of at least 4 members (excludes halogenated alkanes) is 2. The van der Waals surface area contributed by atoms with Gasteiger partial charge < -0.3 is 92.4 Å². The van der Waals surface area contributed by atoms with E-state index in [2.05, 4.69) is 38.8 Å². The van der Waals surface area contributed by atoms with Gasteiger partial charge in [0.15, 0.2) is 0 Å². The lowest BCUT2D eigenvalue weighted by Gasteiger charge is -2.34. The van der Waals surface area contributed by atoms with Crippen LogP contribution in [-0.2, 0) is 33.5 Å². The fourth-order valence-corrected chi connectivity index (χ4v) is 10.9. The molecular formula is C62H83N9O17. The van der Waals surface area contributed by atoms with Gasteiger partial charge in [-0.05, 0) is 84.5 Å². The summed E-state index contributed by atoms with van der Waals surface area (Å²) in [6, 6.07) is 15.2. The number of nitrogens with one attached hydrogen (secondary N) is 6.